The van der Waals surface area contributed by atoms with E-state index in [1.807, 2.05) is 13.0 Å². The number of carbonyl (C=O) groups is 1. The van der Waals surface area contributed by atoms with Crippen molar-refractivity contribution in [1.29, 1.82) is 5.26 Å². The van der Waals surface area contributed by atoms with E-state index in [1.54, 1.807) is 66.5 Å². The Morgan fingerprint density at radius 3 is 2.68 bits per heavy atom. The van der Waals surface area contributed by atoms with Crippen LogP contribution >= 0.6 is 11.6 Å². The maximum Gasteiger partial charge on any atom is 0.256 e. The van der Waals surface area contributed by atoms with Crippen LogP contribution in [-0.2, 0) is 16.9 Å². The first-order valence-corrected chi connectivity index (χ1v) is 12.5. The summed E-state index contributed by atoms with van der Waals surface area (Å²) in [6.07, 6.45) is 0. The molecule has 3 aromatic carbocycles. The van der Waals surface area contributed by atoms with Gasteiger partial charge in [-0.1, -0.05) is 48.0 Å². The molecule has 9 nitrogen and oxygen atoms in total. The molecule has 2 heterocycles. The molecule has 0 saturated carbocycles. The summed E-state index contributed by atoms with van der Waals surface area (Å²) in [7, 11) is 1.73. The zero-order chi connectivity index (χ0) is 27.0. The summed E-state index contributed by atoms with van der Waals surface area (Å²) in [6, 6.07) is 18.4. The van der Waals surface area contributed by atoms with E-state index < -0.39 is 23.4 Å². The van der Waals surface area contributed by atoms with E-state index in [-0.39, 0.29) is 28.8 Å². The Bertz CT molecular complexity index is 1470. The lowest BCUT2D eigenvalue weighted by atomic mass is 9.79. The Kier molecular flexibility index (Phi) is 6.69. The Balaban J connectivity index is 1.54. The molecule has 1 amide bonds. The number of rotatable bonds is 7. The number of fused-ring (bicyclic) bond motifs is 2. The number of hydrogen-bond donors (Lipinski definition) is 1. The third-order valence-corrected chi connectivity index (χ3v) is 7.59. The average Bonchev–Trinajstić information content (AvgIpc) is 3.38. The highest BCUT2D eigenvalue weighted by atomic mass is 35.5. The molecule has 0 aromatic heterocycles. The molecule has 1 spiro atoms. The Labute approximate surface area is 224 Å². The fourth-order valence-corrected chi connectivity index (χ4v) is 5.96. The van der Waals surface area contributed by atoms with Crippen LogP contribution in [0.25, 0.3) is 0 Å². The number of likely N-dealkylation sites (tertiary alicyclic amines) is 1. The van der Waals surface area contributed by atoms with Crippen molar-refractivity contribution in [3.63, 3.8) is 0 Å². The second-order valence-electron chi connectivity index (χ2n) is 9.30. The van der Waals surface area contributed by atoms with Crippen molar-refractivity contribution in [2.45, 2.75) is 31.0 Å². The predicted octanol–water partition coefficient (Wildman–Crippen LogP) is 4.71. The smallest absolute Gasteiger partial charge is 0.256 e. The van der Waals surface area contributed by atoms with Gasteiger partial charge in [0.1, 0.15) is 6.61 Å². The second-order valence-corrected chi connectivity index (χ2v) is 9.71. The largest absolute Gasteiger partial charge is 0.490 e. The van der Waals surface area contributed by atoms with Gasteiger partial charge in [0.05, 0.1) is 29.2 Å². The maximum atomic E-state index is 13.4. The zero-order valence-corrected chi connectivity index (χ0v) is 21.6. The molecule has 38 heavy (non-hydrogen) atoms. The first-order valence-electron chi connectivity index (χ1n) is 12.2. The topological polar surface area (TPSA) is 118 Å². The quantitative estimate of drug-likeness (QED) is 0.346. The van der Waals surface area contributed by atoms with Crippen LogP contribution in [0.1, 0.15) is 35.1 Å². The van der Waals surface area contributed by atoms with Crippen LogP contribution in [0.5, 0.6) is 11.5 Å². The maximum absolute atomic E-state index is 13.4. The standard InChI is InChI=1S/C28H25ClN4O5/c1-3-37-24-13-19(12-22(29)25(24)38-16-18-9-5-4-8-17(18)14-30)20-15-32(2)28(26(20)33(35)36)21-10-6-7-11-23(21)31-27(28)34/h4-13,20,26H,3,15-16H2,1-2H3,(H,31,34)/t20-,26+,28-/m0/s1. The fraction of sp³-hybridized carbons (Fsp3) is 0.286. The number of anilines is 1. The highest BCUT2D eigenvalue weighted by molar-refractivity contribution is 6.32. The van der Waals surface area contributed by atoms with Gasteiger partial charge in [0.25, 0.3) is 11.9 Å². The van der Waals surface area contributed by atoms with Crippen LogP contribution in [0, 0.1) is 21.4 Å². The van der Waals surface area contributed by atoms with Gasteiger partial charge >= 0.3 is 0 Å². The molecule has 2 aliphatic heterocycles. The minimum atomic E-state index is -1.46. The number of nitrogens with one attached hydrogen (secondary N) is 1. The SMILES string of the molecule is CCOc1cc([C@@H]2CN(C)[C@]3(C(=O)Nc4ccccc43)[C@@H]2[N+](=O)[O-])cc(Cl)c1OCc1ccccc1C#N. The van der Waals surface area contributed by atoms with Crippen molar-refractivity contribution in [3.05, 3.63) is 98.1 Å². The van der Waals surface area contributed by atoms with Crippen molar-refractivity contribution in [2.24, 2.45) is 0 Å². The van der Waals surface area contributed by atoms with Gasteiger partial charge in [-0.05, 0) is 43.8 Å². The molecule has 1 fully saturated rings. The molecule has 194 valence electrons. The molecule has 3 aromatic rings. The van der Waals surface area contributed by atoms with Crippen molar-refractivity contribution in [3.8, 4) is 17.6 Å². The van der Waals surface area contributed by atoms with Crippen molar-refractivity contribution in [1.82, 2.24) is 4.90 Å². The molecule has 0 unspecified atom stereocenters. The summed E-state index contributed by atoms with van der Waals surface area (Å²) >= 11 is 6.68. The lowest BCUT2D eigenvalue weighted by molar-refractivity contribution is -0.534. The third-order valence-electron chi connectivity index (χ3n) is 7.31. The molecule has 3 atom stereocenters. The summed E-state index contributed by atoms with van der Waals surface area (Å²) in [5.74, 6) is -0.450. The van der Waals surface area contributed by atoms with Gasteiger partial charge in [0.15, 0.2) is 17.0 Å². The minimum absolute atomic E-state index is 0.0899. The first kappa shape index (κ1) is 25.5. The Morgan fingerprint density at radius 1 is 1.21 bits per heavy atom. The molecule has 0 aliphatic carbocycles. The number of nitro groups is 1. The predicted molar refractivity (Wildman–Crippen MR) is 141 cm³/mol. The molecule has 5 rings (SSSR count). The van der Waals surface area contributed by atoms with Crippen molar-refractivity contribution in [2.75, 3.05) is 25.5 Å². The van der Waals surface area contributed by atoms with Crippen molar-refractivity contribution < 1.29 is 19.2 Å². The van der Waals surface area contributed by atoms with Gasteiger partial charge in [0, 0.05) is 28.3 Å². The normalized spacial score (nSPS) is 22.1. The number of benzene rings is 3. The molecule has 1 saturated heterocycles. The van der Waals surface area contributed by atoms with E-state index in [9.17, 15) is 20.2 Å². The van der Waals surface area contributed by atoms with E-state index >= 15 is 0 Å². The highest BCUT2D eigenvalue weighted by Gasteiger charge is 2.68. The summed E-state index contributed by atoms with van der Waals surface area (Å²) in [6.45, 7) is 2.47. The summed E-state index contributed by atoms with van der Waals surface area (Å²) in [4.78, 5) is 27.4. The number of halogens is 1. The lowest BCUT2D eigenvalue weighted by Crippen LogP contribution is -2.54. The van der Waals surface area contributed by atoms with E-state index in [0.29, 0.717) is 40.3 Å². The summed E-state index contributed by atoms with van der Waals surface area (Å²) < 4.78 is 11.8. The molecule has 0 radical (unpaired) electrons. The van der Waals surface area contributed by atoms with E-state index in [1.165, 1.54) is 0 Å². The number of ether oxygens (including phenoxy) is 2. The molecular weight excluding hydrogens is 508 g/mol. The third kappa shape index (κ3) is 3.93. The molecular formula is C28H25ClN4O5. The number of nitrogens with zero attached hydrogens (tertiary/aromatic N) is 3. The average molecular weight is 533 g/mol. The van der Waals surface area contributed by atoms with Crippen LogP contribution in [0.3, 0.4) is 0 Å². The van der Waals surface area contributed by atoms with Crippen molar-refractivity contribution >= 4 is 23.2 Å². The van der Waals surface area contributed by atoms with Crippen LogP contribution in [-0.4, -0.2) is 42.0 Å². The van der Waals surface area contributed by atoms with Crippen LogP contribution in [0.4, 0.5) is 5.69 Å². The van der Waals surface area contributed by atoms with Gasteiger partial charge < -0.3 is 14.8 Å². The van der Waals surface area contributed by atoms with Crippen LogP contribution in [0.2, 0.25) is 5.02 Å². The molecule has 2 aliphatic rings. The lowest BCUT2D eigenvalue weighted by Gasteiger charge is -2.30. The van der Waals surface area contributed by atoms with Gasteiger partial charge in [-0.3, -0.25) is 19.8 Å². The first-order chi connectivity index (χ1) is 18.3. The number of likely N-dealkylation sites (N-methyl/N-ethyl adjacent to an activating group) is 1. The van der Waals surface area contributed by atoms with Gasteiger partial charge in [-0.15, -0.1) is 0 Å². The number of nitriles is 1. The highest BCUT2D eigenvalue weighted by Crippen LogP contribution is 2.53. The second kappa shape index (κ2) is 9.97. The van der Waals surface area contributed by atoms with Gasteiger partial charge in [-0.2, -0.15) is 5.26 Å². The molecule has 0 bridgehead atoms. The van der Waals surface area contributed by atoms with Crippen LogP contribution < -0.4 is 14.8 Å². The number of hydrogen-bond acceptors (Lipinski definition) is 7. The monoisotopic (exact) mass is 532 g/mol. The van der Waals surface area contributed by atoms with Gasteiger partial charge in [-0.25, -0.2) is 0 Å². The minimum Gasteiger partial charge on any atom is -0.490 e. The molecule has 10 heteroatoms. The van der Waals surface area contributed by atoms with Crippen LogP contribution in [0.15, 0.2) is 60.7 Å². The fourth-order valence-electron chi connectivity index (χ4n) is 5.69. The van der Waals surface area contributed by atoms with E-state index in [4.69, 9.17) is 21.1 Å². The number of para-hydroxylation sites is 1. The summed E-state index contributed by atoms with van der Waals surface area (Å²) in [5.41, 5.74) is 1.46. The Hall–Kier alpha value is -4.13. The zero-order valence-electron chi connectivity index (χ0n) is 20.8. The summed E-state index contributed by atoms with van der Waals surface area (Å²) in [5, 5.41) is 25.1. The van der Waals surface area contributed by atoms with E-state index in [0.717, 1.165) is 0 Å². The Morgan fingerprint density at radius 2 is 1.95 bits per heavy atom. The van der Waals surface area contributed by atoms with Gasteiger partial charge in [0.2, 0.25) is 0 Å². The number of amides is 1. The number of carbonyl (C=O) groups excluding carboxylic acids is 1. The molecule has 1 N–H and O–H groups in total. The van der Waals surface area contributed by atoms with E-state index in [2.05, 4.69) is 11.4 Å².